The number of aromatic nitrogens is 3. The van der Waals surface area contributed by atoms with E-state index in [1.54, 1.807) is 4.68 Å². The quantitative estimate of drug-likeness (QED) is 0.392. The Balaban J connectivity index is 1.53. The van der Waals surface area contributed by atoms with E-state index in [0.29, 0.717) is 5.69 Å². The number of aryl methyl sites for hydroxylation is 2. The smallest absolute Gasteiger partial charge is 0.272 e. The van der Waals surface area contributed by atoms with E-state index in [2.05, 4.69) is 20.1 Å². The predicted octanol–water partition coefficient (Wildman–Crippen LogP) is 4.32. The summed E-state index contributed by atoms with van der Waals surface area (Å²) in [6.45, 7) is 5.79. The van der Waals surface area contributed by atoms with Crippen molar-refractivity contribution in [3.05, 3.63) is 89.3 Å². The molecule has 2 aromatic heterocycles. The van der Waals surface area contributed by atoms with E-state index in [4.69, 9.17) is 0 Å². The molecule has 0 unspecified atom stereocenters. The number of halogens is 1. The monoisotopic (exact) mass is 467 g/mol. The molecule has 3 N–H and O–H groups in total. The van der Waals surface area contributed by atoms with Crippen molar-refractivity contribution < 1.29 is 17.6 Å². The van der Waals surface area contributed by atoms with Crippen LogP contribution in [0.3, 0.4) is 0 Å². The van der Waals surface area contributed by atoms with Crippen LogP contribution in [0, 0.1) is 26.6 Å². The van der Waals surface area contributed by atoms with Crippen LogP contribution in [0.25, 0.3) is 5.69 Å². The number of carbonyl (C=O) groups excluding carboxylic acids is 1. The molecular weight excluding hydrogens is 445 g/mol. The minimum atomic E-state index is -4.09. The lowest BCUT2D eigenvalue weighted by Crippen LogP contribution is -2.14. The lowest BCUT2D eigenvalue weighted by molar-refractivity contribution is 0.102. The van der Waals surface area contributed by atoms with Gasteiger partial charge in [0.05, 0.1) is 29.0 Å². The van der Waals surface area contributed by atoms with Gasteiger partial charge in [0.25, 0.3) is 15.9 Å². The van der Waals surface area contributed by atoms with Gasteiger partial charge in [-0.25, -0.2) is 17.5 Å². The lowest BCUT2D eigenvalue weighted by atomic mass is 10.1. The molecule has 4 rings (SSSR count). The molecule has 0 aliphatic rings. The van der Waals surface area contributed by atoms with E-state index >= 15 is 0 Å². The third-order valence-corrected chi connectivity index (χ3v) is 6.53. The number of carbonyl (C=O) groups is 1. The predicted molar refractivity (Wildman–Crippen MR) is 124 cm³/mol. The molecule has 33 heavy (non-hydrogen) atoms. The Labute approximate surface area is 190 Å². The Morgan fingerprint density at radius 1 is 1.06 bits per heavy atom. The Morgan fingerprint density at radius 3 is 2.58 bits per heavy atom. The zero-order valence-electron chi connectivity index (χ0n) is 18.2. The first-order valence-electron chi connectivity index (χ1n) is 10.0. The van der Waals surface area contributed by atoms with Crippen LogP contribution in [0.5, 0.6) is 0 Å². The summed E-state index contributed by atoms with van der Waals surface area (Å²) in [5.74, 6) is -1.24. The van der Waals surface area contributed by atoms with E-state index < -0.39 is 21.7 Å². The number of anilines is 2. The number of sulfonamides is 1. The van der Waals surface area contributed by atoms with Gasteiger partial charge < -0.3 is 10.3 Å². The van der Waals surface area contributed by atoms with Crippen LogP contribution in [-0.2, 0) is 10.0 Å². The number of rotatable bonds is 6. The van der Waals surface area contributed by atoms with Crippen molar-refractivity contribution in [3.63, 3.8) is 0 Å². The fraction of sp³-hybridized carbons (Fsp3) is 0.130. The molecule has 0 radical (unpaired) electrons. The maximum Gasteiger partial charge on any atom is 0.272 e. The molecular formula is C23H22FN5O3S. The van der Waals surface area contributed by atoms with Gasteiger partial charge in [0.1, 0.15) is 16.4 Å². The molecule has 170 valence electrons. The summed E-state index contributed by atoms with van der Waals surface area (Å²) in [6.07, 6.45) is 2.71. The van der Waals surface area contributed by atoms with Crippen LogP contribution in [0.1, 0.15) is 27.3 Å². The molecule has 0 bridgehead atoms. The Morgan fingerprint density at radius 2 is 1.82 bits per heavy atom. The summed E-state index contributed by atoms with van der Waals surface area (Å²) >= 11 is 0. The van der Waals surface area contributed by atoms with Gasteiger partial charge in [0.15, 0.2) is 0 Å². The molecule has 8 nitrogen and oxygen atoms in total. The van der Waals surface area contributed by atoms with Crippen molar-refractivity contribution in [2.24, 2.45) is 0 Å². The van der Waals surface area contributed by atoms with Gasteiger partial charge in [-0.05, 0) is 56.2 Å². The van der Waals surface area contributed by atoms with Crippen LogP contribution in [-0.4, -0.2) is 29.1 Å². The second-order valence-corrected chi connectivity index (χ2v) is 9.32. The van der Waals surface area contributed by atoms with Gasteiger partial charge in [0, 0.05) is 6.20 Å². The molecule has 0 saturated heterocycles. The molecule has 10 heteroatoms. The van der Waals surface area contributed by atoms with Crippen LogP contribution in [0.2, 0.25) is 0 Å². The van der Waals surface area contributed by atoms with Gasteiger partial charge in [-0.15, -0.1) is 0 Å². The van der Waals surface area contributed by atoms with Crippen molar-refractivity contribution in [2.75, 3.05) is 10.0 Å². The van der Waals surface area contributed by atoms with Crippen molar-refractivity contribution in [3.8, 4) is 5.69 Å². The summed E-state index contributed by atoms with van der Waals surface area (Å²) in [4.78, 5) is 15.2. The number of aromatic amines is 1. The highest BCUT2D eigenvalue weighted by atomic mass is 32.2. The van der Waals surface area contributed by atoms with E-state index in [-0.39, 0.29) is 16.3 Å². The van der Waals surface area contributed by atoms with E-state index in [1.807, 2.05) is 39.0 Å². The Kier molecular flexibility index (Phi) is 5.77. The fourth-order valence-electron chi connectivity index (χ4n) is 3.32. The lowest BCUT2D eigenvalue weighted by Gasteiger charge is -2.10. The third-order valence-electron chi connectivity index (χ3n) is 5.18. The van der Waals surface area contributed by atoms with E-state index in [9.17, 15) is 17.6 Å². The largest absolute Gasteiger partial charge is 0.356 e. The highest BCUT2D eigenvalue weighted by Crippen LogP contribution is 2.23. The molecule has 0 aliphatic heterocycles. The number of para-hydroxylation sites is 1. The van der Waals surface area contributed by atoms with Gasteiger partial charge >= 0.3 is 0 Å². The number of hydrogen-bond acceptors (Lipinski definition) is 4. The van der Waals surface area contributed by atoms with Crippen LogP contribution in [0.15, 0.2) is 65.8 Å². The normalized spacial score (nSPS) is 11.4. The first-order chi connectivity index (χ1) is 15.7. The molecule has 0 atom stereocenters. The Hall–Kier alpha value is -3.92. The number of benzene rings is 2. The average molecular weight is 468 g/mol. The van der Waals surface area contributed by atoms with Crippen LogP contribution < -0.4 is 10.0 Å². The van der Waals surface area contributed by atoms with E-state index in [0.717, 1.165) is 28.6 Å². The van der Waals surface area contributed by atoms with Gasteiger partial charge in [-0.3, -0.25) is 9.52 Å². The summed E-state index contributed by atoms with van der Waals surface area (Å²) in [6, 6.07) is 12.6. The summed E-state index contributed by atoms with van der Waals surface area (Å²) in [5.41, 5.74) is 4.08. The second kappa shape index (κ2) is 8.55. The molecule has 0 saturated carbocycles. The molecule has 1 amide bonds. The highest BCUT2D eigenvalue weighted by molar-refractivity contribution is 7.92. The number of nitrogens with zero attached hydrogens (tertiary/aromatic N) is 2. The third kappa shape index (κ3) is 4.51. The number of hydrogen-bond donors (Lipinski definition) is 3. The molecule has 4 aromatic rings. The highest BCUT2D eigenvalue weighted by Gasteiger charge is 2.21. The molecule has 2 aromatic carbocycles. The second-order valence-electron chi connectivity index (χ2n) is 7.63. The zero-order chi connectivity index (χ0) is 23.8. The maximum absolute atomic E-state index is 13.8. The summed E-state index contributed by atoms with van der Waals surface area (Å²) < 4.78 is 42.9. The SMILES string of the molecule is Cc1ccc(C)c(-n2ncc(NC(=O)c3cc(S(=O)(=O)Nc4ccccc4F)c[nH]3)c2C)c1. The number of nitrogens with one attached hydrogen (secondary N) is 3. The van der Waals surface area contributed by atoms with E-state index in [1.165, 1.54) is 36.7 Å². The van der Waals surface area contributed by atoms with Crippen molar-refractivity contribution in [1.82, 2.24) is 14.8 Å². The molecule has 0 fully saturated rings. The topological polar surface area (TPSA) is 109 Å². The van der Waals surface area contributed by atoms with Crippen molar-refractivity contribution in [2.45, 2.75) is 25.7 Å². The van der Waals surface area contributed by atoms with Gasteiger partial charge in [-0.1, -0.05) is 24.3 Å². The summed E-state index contributed by atoms with van der Waals surface area (Å²) in [5, 5.41) is 7.13. The standard InChI is InChI=1S/C23H22FN5O3S/c1-14-8-9-15(2)22(10-14)29-16(3)21(13-26-29)27-23(30)20-11-17(12-25-20)33(31,32)28-19-7-5-4-6-18(19)24/h4-13,25,28H,1-3H3,(H,27,30). The van der Waals surface area contributed by atoms with Gasteiger partial charge in [-0.2, -0.15) is 5.10 Å². The number of H-pyrrole nitrogens is 1. The van der Waals surface area contributed by atoms with Crippen molar-refractivity contribution in [1.29, 1.82) is 0 Å². The molecule has 2 heterocycles. The maximum atomic E-state index is 13.8. The minimum Gasteiger partial charge on any atom is -0.356 e. The fourth-order valence-corrected chi connectivity index (χ4v) is 4.38. The minimum absolute atomic E-state index is 0.0304. The average Bonchev–Trinajstić information content (AvgIpc) is 3.40. The van der Waals surface area contributed by atoms with Crippen molar-refractivity contribution >= 4 is 27.3 Å². The first-order valence-corrected chi connectivity index (χ1v) is 11.5. The first kappa shape index (κ1) is 22.3. The van der Waals surface area contributed by atoms with Gasteiger partial charge in [0.2, 0.25) is 0 Å². The van der Waals surface area contributed by atoms with Crippen LogP contribution in [0.4, 0.5) is 15.8 Å². The Bertz CT molecular complexity index is 1460. The van der Waals surface area contributed by atoms with Crippen LogP contribution >= 0.6 is 0 Å². The molecule has 0 aliphatic carbocycles. The summed E-state index contributed by atoms with van der Waals surface area (Å²) in [7, 11) is -4.09. The zero-order valence-corrected chi connectivity index (χ0v) is 19.0. The number of amides is 1. The molecule has 0 spiro atoms.